The van der Waals surface area contributed by atoms with Crippen LogP contribution in [0.3, 0.4) is 0 Å². The van der Waals surface area contributed by atoms with Gasteiger partial charge in [-0.05, 0) is 49.3 Å². The highest BCUT2D eigenvalue weighted by molar-refractivity contribution is 6.31. The maximum absolute atomic E-state index is 7.76. The number of rotatable bonds is 2. The molecule has 1 heterocycles. The number of nitrogen functional groups attached to an aromatic ring is 1. The first-order valence-electron chi connectivity index (χ1n) is 7.99. The molecule has 0 bridgehead atoms. The van der Waals surface area contributed by atoms with Crippen molar-refractivity contribution >= 4 is 23.1 Å². The Kier molecular flexibility index (Phi) is 4.12. The number of hydrogen-bond acceptors (Lipinski definition) is 2. The van der Waals surface area contributed by atoms with E-state index in [0.29, 0.717) is 10.4 Å². The summed E-state index contributed by atoms with van der Waals surface area (Å²) in [5.41, 5.74) is 8.14. The number of nitrogens with one attached hydrogen (secondary N) is 1. The zero-order chi connectivity index (χ0) is 14.9. The third-order valence-corrected chi connectivity index (χ3v) is 5.56. The van der Waals surface area contributed by atoms with Crippen molar-refractivity contribution < 1.29 is 0 Å². The molecule has 0 radical (unpaired) electrons. The van der Waals surface area contributed by atoms with Crippen LogP contribution in [0.4, 0.5) is 5.69 Å². The fraction of sp³-hybridized carbons (Fsp3) is 0.588. The fourth-order valence-electron chi connectivity index (χ4n) is 4.02. The summed E-state index contributed by atoms with van der Waals surface area (Å²) < 4.78 is 0. The minimum Gasteiger partial charge on any atom is -0.384 e. The van der Waals surface area contributed by atoms with Crippen LogP contribution in [-0.4, -0.2) is 18.9 Å². The van der Waals surface area contributed by atoms with Crippen molar-refractivity contribution in [3.8, 4) is 0 Å². The van der Waals surface area contributed by atoms with Crippen LogP contribution in [-0.2, 0) is 0 Å². The molecule has 1 aliphatic heterocycles. The molecule has 114 valence electrons. The summed E-state index contributed by atoms with van der Waals surface area (Å²) in [6.45, 7) is 2.11. The molecule has 1 aliphatic carbocycles. The molecule has 0 unspecified atom stereocenters. The van der Waals surface area contributed by atoms with Gasteiger partial charge in [0.2, 0.25) is 0 Å². The summed E-state index contributed by atoms with van der Waals surface area (Å²) in [5, 5.41) is 8.48. The summed E-state index contributed by atoms with van der Waals surface area (Å²) in [6, 6.07) is 5.64. The van der Waals surface area contributed by atoms with Crippen LogP contribution in [0.2, 0.25) is 5.02 Å². The number of piperidine rings is 1. The minimum atomic E-state index is 0.125. The van der Waals surface area contributed by atoms with Gasteiger partial charge in [0.05, 0.1) is 0 Å². The number of amidine groups is 1. The smallest absolute Gasteiger partial charge is 0.124 e. The van der Waals surface area contributed by atoms with Gasteiger partial charge in [-0.1, -0.05) is 30.9 Å². The molecule has 21 heavy (non-hydrogen) atoms. The van der Waals surface area contributed by atoms with Crippen LogP contribution in [0.25, 0.3) is 0 Å². The summed E-state index contributed by atoms with van der Waals surface area (Å²) in [7, 11) is 0. The predicted molar refractivity (Wildman–Crippen MR) is 89.4 cm³/mol. The van der Waals surface area contributed by atoms with Gasteiger partial charge >= 0.3 is 0 Å². The van der Waals surface area contributed by atoms with Gasteiger partial charge in [-0.15, -0.1) is 0 Å². The first-order chi connectivity index (χ1) is 10.1. The molecular weight excluding hydrogens is 282 g/mol. The lowest BCUT2D eigenvalue weighted by molar-refractivity contribution is 0.144. The Bertz CT molecular complexity index is 525. The Morgan fingerprint density at radius 3 is 2.38 bits per heavy atom. The van der Waals surface area contributed by atoms with Crippen LogP contribution >= 0.6 is 11.6 Å². The number of nitrogens with two attached hydrogens (primary N) is 1. The van der Waals surface area contributed by atoms with E-state index in [2.05, 4.69) is 4.90 Å². The van der Waals surface area contributed by atoms with E-state index in [1.54, 1.807) is 0 Å². The topological polar surface area (TPSA) is 53.1 Å². The second-order valence-corrected chi connectivity index (χ2v) is 7.06. The molecule has 0 amide bonds. The molecule has 0 atom stereocenters. The van der Waals surface area contributed by atoms with Crippen LogP contribution in [0.15, 0.2) is 18.2 Å². The maximum Gasteiger partial charge on any atom is 0.124 e. The van der Waals surface area contributed by atoms with Gasteiger partial charge in [-0.2, -0.15) is 0 Å². The predicted octanol–water partition coefficient (Wildman–Crippen LogP) is 4.17. The van der Waals surface area contributed by atoms with Gasteiger partial charge in [0.15, 0.2) is 0 Å². The molecular formula is C17H24ClN3. The van der Waals surface area contributed by atoms with E-state index in [1.807, 2.05) is 18.2 Å². The second kappa shape index (κ2) is 5.88. The fourth-order valence-corrected chi connectivity index (χ4v) is 4.18. The molecule has 4 heteroatoms. The van der Waals surface area contributed by atoms with E-state index >= 15 is 0 Å². The lowest BCUT2D eigenvalue weighted by atomic mass is 9.68. The number of halogens is 1. The summed E-state index contributed by atoms with van der Waals surface area (Å²) in [6.07, 6.45) is 9.53. The molecule has 3 rings (SSSR count). The first kappa shape index (κ1) is 14.7. The molecule has 3 nitrogen and oxygen atoms in total. The van der Waals surface area contributed by atoms with E-state index in [9.17, 15) is 0 Å². The van der Waals surface area contributed by atoms with E-state index in [4.69, 9.17) is 22.7 Å². The lowest BCUT2D eigenvalue weighted by Gasteiger charge is -2.45. The van der Waals surface area contributed by atoms with Gasteiger partial charge in [0, 0.05) is 29.4 Å². The van der Waals surface area contributed by atoms with Gasteiger partial charge in [-0.3, -0.25) is 5.41 Å². The Labute approximate surface area is 132 Å². The SMILES string of the molecule is N=C(N)c1ccc(Cl)cc1N1CCC2(CCCCC2)CC1. The van der Waals surface area contributed by atoms with Crippen LogP contribution in [0, 0.1) is 10.8 Å². The van der Waals surface area contributed by atoms with Crippen molar-refractivity contribution in [3.63, 3.8) is 0 Å². The second-order valence-electron chi connectivity index (χ2n) is 6.62. The van der Waals surface area contributed by atoms with Crippen molar-refractivity contribution in [2.45, 2.75) is 44.9 Å². The minimum absolute atomic E-state index is 0.125. The third-order valence-electron chi connectivity index (χ3n) is 5.33. The first-order valence-corrected chi connectivity index (χ1v) is 8.36. The van der Waals surface area contributed by atoms with Crippen molar-refractivity contribution in [2.24, 2.45) is 11.1 Å². The normalized spacial score (nSPS) is 21.5. The average Bonchev–Trinajstić information content (AvgIpc) is 2.48. The van der Waals surface area contributed by atoms with Crippen molar-refractivity contribution in [2.75, 3.05) is 18.0 Å². The molecule has 1 saturated carbocycles. The number of hydrogen-bond donors (Lipinski definition) is 2. The third kappa shape index (κ3) is 3.03. The molecule has 2 fully saturated rings. The molecule has 1 aromatic carbocycles. The van der Waals surface area contributed by atoms with Gasteiger partial charge in [0.25, 0.3) is 0 Å². The van der Waals surface area contributed by atoms with Crippen molar-refractivity contribution in [1.82, 2.24) is 0 Å². The van der Waals surface area contributed by atoms with E-state index in [1.165, 1.54) is 44.9 Å². The highest BCUT2D eigenvalue weighted by atomic mass is 35.5. The largest absolute Gasteiger partial charge is 0.384 e. The molecule has 2 aliphatic rings. The highest BCUT2D eigenvalue weighted by Crippen LogP contribution is 2.45. The monoisotopic (exact) mass is 305 g/mol. The molecule has 1 saturated heterocycles. The van der Waals surface area contributed by atoms with E-state index in [-0.39, 0.29) is 5.84 Å². The standard InChI is InChI=1S/C17H24ClN3/c18-13-4-5-14(16(19)20)15(12-13)21-10-8-17(9-11-21)6-2-1-3-7-17/h4-5,12H,1-3,6-11H2,(H3,19,20). The zero-order valence-corrected chi connectivity index (χ0v) is 13.3. The van der Waals surface area contributed by atoms with Crippen molar-refractivity contribution in [1.29, 1.82) is 5.41 Å². The highest BCUT2D eigenvalue weighted by Gasteiger charge is 2.35. The maximum atomic E-state index is 7.76. The van der Waals surface area contributed by atoms with Gasteiger partial charge in [0.1, 0.15) is 5.84 Å². The molecule has 0 aromatic heterocycles. The van der Waals surface area contributed by atoms with Gasteiger partial charge < -0.3 is 10.6 Å². The summed E-state index contributed by atoms with van der Waals surface area (Å²) >= 11 is 6.14. The summed E-state index contributed by atoms with van der Waals surface area (Å²) in [5.74, 6) is 0.125. The number of benzene rings is 1. The van der Waals surface area contributed by atoms with Crippen LogP contribution in [0.1, 0.15) is 50.5 Å². The van der Waals surface area contributed by atoms with Gasteiger partial charge in [-0.25, -0.2) is 0 Å². The summed E-state index contributed by atoms with van der Waals surface area (Å²) in [4.78, 5) is 2.36. The van der Waals surface area contributed by atoms with Crippen LogP contribution < -0.4 is 10.6 Å². The average molecular weight is 306 g/mol. The zero-order valence-electron chi connectivity index (χ0n) is 12.5. The van der Waals surface area contributed by atoms with Crippen LogP contribution in [0.5, 0.6) is 0 Å². The number of nitrogens with zero attached hydrogens (tertiary/aromatic N) is 1. The number of anilines is 1. The molecule has 1 spiro atoms. The van der Waals surface area contributed by atoms with E-state index < -0.39 is 0 Å². The molecule has 1 aromatic rings. The molecule has 3 N–H and O–H groups in total. The Morgan fingerprint density at radius 1 is 1.10 bits per heavy atom. The Balaban J connectivity index is 1.77. The Hall–Kier alpha value is -1.22. The van der Waals surface area contributed by atoms with E-state index in [0.717, 1.165) is 24.3 Å². The lowest BCUT2D eigenvalue weighted by Crippen LogP contribution is -2.41. The quantitative estimate of drug-likeness (QED) is 0.636. The van der Waals surface area contributed by atoms with Crippen molar-refractivity contribution in [3.05, 3.63) is 28.8 Å². The Morgan fingerprint density at radius 2 is 1.76 bits per heavy atom.